The molecule has 31 heavy (non-hydrogen) atoms. The van der Waals surface area contributed by atoms with Gasteiger partial charge in [0.15, 0.2) is 17.5 Å². The molecule has 1 fully saturated rings. The van der Waals surface area contributed by atoms with Crippen molar-refractivity contribution in [2.24, 2.45) is 0 Å². The van der Waals surface area contributed by atoms with Crippen LogP contribution in [0.4, 0.5) is 19.0 Å². The van der Waals surface area contributed by atoms with Gasteiger partial charge in [0.1, 0.15) is 41.9 Å². The van der Waals surface area contributed by atoms with E-state index in [1.165, 1.54) is 10.9 Å². The van der Waals surface area contributed by atoms with Gasteiger partial charge < -0.3 is 30.6 Å². The first-order valence-electron chi connectivity index (χ1n) is 9.86. The second-order valence-electron chi connectivity index (χ2n) is 7.84. The van der Waals surface area contributed by atoms with Gasteiger partial charge in [0.05, 0.1) is 11.4 Å². The van der Waals surface area contributed by atoms with Crippen LogP contribution >= 0.6 is 0 Å². The fraction of sp³-hybridized carbons (Fsp3) is 0.400. The lowest BCUT2D eigenvalue weighted by Crippen LogP contribution is -2.35. The largest absolute Gasteiger partial charge is 0.487 e. The van der Waals surface area contributed by atoms with E-state index in [1.807, 2.05) is 0 Å². The van der Waals surface area contributed by atoms with Crippen molar-refractivity contribution in [3.8, 4) is 5.75 Å². The third-order valence-corrected chi connectivity index (χ3v) is 6.07. The van der Waals surface area contributed by atoms with Crippen molar-refractivity contribution in [2.75, 3.05) is 12.3 Å². The van der Waals surface area contributed by atoms with Crippen LogP contribution < -0.4 is 15.8 Å². The number of ether oxygens (including phenoxy) is 1. The van der Waals surface area contributed by atoms with E-state index in [2.05, 4.69) is 15.3 Å². The molecular formula is C20H20F3N5O3. The second kappa shape index (κ2) is 7.36. The van der Waals surface area contributed by atoms with Crippen molar-refractivity contribution >= 4 is 16.9 Å². The molecule has 1 unspecified atom stereocenters. The number of rotatable bonds is 3. The molecule has 1 aromatic carbocycles. The van der Waals surface area contributed by atoms with Gasteiger partial charge in [-0.05, 0) is 13.0 Å². The van der Waals surface area contributed by atoms with Gasteiger partial charge in [-0.15, -0.1) is 0 Å². The van der Waals surface area contributed by atoms with E-state index in [0.717, 1.165) is 12.3 Å². The third-order valence-electron chi connectivity index (χ3n) is 6.07. The zero-order valence-corrected chi connectivity index (χ0v) is 16.2. The van der Waals surface area contributed by atoms with Crippen LogP contribution in [0.3, 0.4) is 0 Å². The molecular weight excluding hydrogens is 415 g/mol. The van der Waals surface area contributed by atoms with E-state index in [4.69, 9.17) is 10.5 Å². The first kappa shape index (κ1) is 20.0. The molecule has 0 bridgehead atoms. The molecule has 11 heteroatoms. The second-order valence-corrected chi connectivity index (χ2v) is 7.84. The van der Waals surface area contributed by atoms with Gasteiger partial charge in [0, 0.05) is 36.4 Å². The van der Waals surface area contributed by atoms with E-state index in [1.54, 1.807) is 0 Å². The summed E-state index contributed by atoms with van der Waals surface area (Å²) < 4.78 is 50.0. The van der Waals surface area contributed by atoms with Crippen molar-refractivity contribution in [1.82, 2.24) is 19.9 Å². The molecule has 5 N–H and O–H groups in total. The van der Waals surface area contributed by atoms with Gasteiger partial charge in [-0.1, -0.05) is 0 Å². The lowest BCUT2D eigenvalue weighted by atomic mass is 9.99. The molecule has 2 aliphatic rings. The van der Waals surface area contributed by atoms with Crippen LogP contribution in [0.2, 0.25) is 0 Å². The van der Waals surface area contributed by atoms with E-state index in [9.17, 15) is 23.4 Å². The molecule has 0 radical (unpaired) electrons. The van der Waals surface area contributed by atoms with Crippen LogP contribution in [-0.4, -0.2) is 49.6 Å². The van der Waals surface area contributed by atoms with Crippen molar-refractivity contribution in [1.29, 1.82) is 0 Å². The normalized spacial score (nSPS) is 25.7. The fourth-order valence-corrected chi connectivity index (χ4v) is 4.52. The number of hydrogen-bond acceptors (Lipinski definition) is 7. The number of benzene rings is 1. The molecule has 4 atom stereocenters. The summed E-state index contributed by atoms with van der Waals surface area (Å²) in [5.41, 5.74) is 6.64. The molecule has 1 aliphatic heterocycles. The lowest BCUT2D eigenvalue weighted by molar-refractivity contribution is -0.0167. The maximum absolute atomic E-state index is 14.4. The van der Waals surface area contributed by atoms with Gasteiger partial charge in [0.25, 0.3) is 0 Å². The highest BCUT2D eigenvalue weighted by Gasteiger charge is 2.45. The minimum absolute atomic E-state index is 0.0225. The summed E-state index contributed by atoms with van der Waals surface area (Å²) in [6, 6.07) is 0.173. The van der Waals surface area contributed by atoms with Crippen LogP contribution in [0.5, 0.6) is 5.75 Å². The number of nitrogen functional groups attached to an aromatic ring is 1. The Balaban J connectivity index is 1.48. The highest BCUT2D eigenvalue weighted by molar-refractivity contribution is 5.86. The summed E-state index contributed by atoms with van der Waals surface area (Å²) in [6.07, 6.45) is -0.877. The average molecular weight is 435 g/mol. The van der Waals surface area contributed by atoms with Crippen LogP contribution in [-0.2, 0) is 13.0 Å². The summed E-state index contributed by atoms with van der Waals surface area (Å²) in [7, 11) is 0. The Morgan fingerprint density at radius 1 is 1.13 bits per heavy atom. The SMILES string of the molecule is Nc1ncnc2c1c(F)cn2C1C[C@@H](Oc2cc(F)c(F)c3c2CNCC3)[C@@H](O)[C@H]1O. The van der Waals surface area contributed by atoms with E-state index in [0.29, 0.717) is 25.1 Å². The van der Waals surface area contributed by atoms with Crippen molar-refractivity contribution in [2.45, 2.75) is 43.7 Å². The van der Waals surface area contributed by atoms with Gasteiger partial charge in [0.2, 0.25) is 0 Å². The number of hydrogen-bond donors (Lipinski definition) is 4. The molecule has 8 nitrogen and oxygen atoms in total. The van der Waals surface area contributed by atoms with Crippen LogP contribution in [0.25, 0.3) is 11.0 Å². The Labute approximate surface area is 174 Å². The maximum atomic E-state index is 14.4. The standard InChI is InChI=1S/C20H20F3N5O3/c21-10-3-13(9-5-25-2-1-8(9)16(10)23)31-14-4-12(17(29)18(14)30)28-6-11(22)15-19(24)26-7-27-20(15)28/h3,6-7,12,14,17-18,25,29-30H,1-2,4-5H2,(H2,24,26,27)/t12?,14-,17+,18-/m1/s1. The molecule has 0 saturated heterocycles. The fourth-order valence-electron chi connectivity index (χ4n) is 4.52. The molecule has 164 valence electrons. The number of aliphatic hydroxyl groups is 2. The number of fused-ring (bicyclic) bond motifs is 2. The Hall–Kier alpha value is -2.89. The van der Waals surface area contributed by atoms with Crippen LogP contribution in [0.15, 0.2) is 18.6 Å². The molecule has 2 aromatic heterocycles. The van der Waals surface area contributed by atoms with Crippen LogP contribution in [0, 0.1) is 17.5 Å². The van der Waals surface area contributed by atoms with E-state index < -0.39 is 41.8 Å². The molecule has 1 saturated carbocycles. The lowest BCUT2D eigenvalue weighted by Gasteiger charge is -2.25. The number of nitrogens with one attached hydrogen (secondary N) is 1. The third kappa shape index (κ3) is 3.11. The number of nitrogens with zero attached hydrogens (tertiary/aromatic N) is 3. The van der Waals surface area contributed by atoms with Gasteiger partial charge in [-0.25, -0.2) is 23.1 Å². The van der Waals surface area contributed by atoms with E-state index in [-0.39, 0.29) is 34.6 Å². The van der Waals surface area contributed by atoms with Gasteiger partial charge >= 0.3 is 0 Å². The van der Waals surface area contributed by atoms with Crippen LogP contribution in [0.1, 0.15) is 23.6 Å². The predicted octanol–water partition coefficient (Wildman–Crippen LogP) is 1.19. The highest BCUT2D eigenvalue weighted by Crippen LogP contribution is 2.39. The minimum atomic E-state index is -1.34. The van der Waals surface area contributed by atoms with E-state index >= 15 is 0 Å². The number of nitrogens with two attached hydrogens (primary N) is 1. The molecule has 0 amide bonds. The highest BCUT2D eigenvalue weighted by atomic mass is 19.2. The quantitative estimate of drug-likeness (QED) is 0.488. The Morgan fingerprint density at radius 2 is 1.94 bits per heavy atom. The molecule has 3 aromatic rings. The average Bonchev–Trinajstić information content (AvgIpc) is 3.24. The van der Waals surface area contributed by atoms with Gasteiger partial charge in [-0.3, -0.25) is 0 Å². The first-order valence-corrected chi connectivity index (χ1v) is 9.86. The summed E-state index contributed by atoms with van der Waals surface area (Å²) in [5, 5.41) is 24.3. The summed E-state index contributed by atoms with van der Waals surface area (Å²) >= 11 is 0. The Morgan fingerprint density at radius 3 is 2.74 bits per heavy atom. The Bertz CT molecular complexity index is 1170. The topological polar surface area (TPSA) is 118 Å². The number of halogens is 3. The van der Waals surface area contributed by atoms with Crippen molar-refractivity contribution < 1.29 is 28.1 Å². The monoisotopic (exact) mass is 435 g/mol. The smallest absolute Gasteiger partial charge is 0.162 e. The number of aliphatic hydroxyl groups excluding tert-OH is 2. The molecule has 3 heterocycles. The zero-order chi connectivity index (χ0) is 21.9. The first-order chi connectivity index (χ1) is 14.9. The maximum Gasteiger partial charge on any atom is 0.162 e. The summed E-state index contributed by atoms with van der Waals surface area (Å²) in [5.74, 6) is -2.53. The zero-order valence-electron chi connectivity index (χ0n) is 16.2. The number of anilines is 1. The molecule has 0 spiro atoms. The minimum Gasteiger partial charge on any atom is -0.487 e. The summed E-state index contributed by atoms with van der Waals surface area (Å²) in [4.78, 5) is 7.83. The summed E-state index contributed by atoms with van der Waals surface area (Å²) in [6.45, 7) is 0.803. The molecule has 1 aliphatic carbocycles. The number of aromatic nitrogens is 3. The predicted molar refractivity (Wildman–Crippen MR) is 104 cm³/mol. The van der Waals surface area contributed by atoms with Crippen molar-refractivity contribution in [3.05, 3.63) is 47.2 Å². The molecule has 5 rings (SSSR count). The van der Waals surface area contributed by atoms with Crippen molar-refractivity contribution in [3.63, 3.8) is 0 Å². The van der Waals surface area contributed by atoms with Gasteiger partial charge in [-0.2, -0.15) is 0 Å². The Kier molecular flexibility index (Phi) is 4.76.